The minimum atomic E-state index is -1.27. The topological polar surface area (TPSA) is 257 Å². The summed E-state index contributed by atoms with van der Waals surface area (Å²) < 4.78 is 0. The Kier molecular flexibility index (Phi) is 13.9. The summed E-state index contributed by atoms with van der Waals surface area (Å²) in [7, 11) is 0. The Bertz CT molecular complexity index is 1200. The maximum atomic E-state index is 13.4. The van der Waals surface area contributed by atoms with Gasteiger partial charge >= 0.3 is 5.97 Å². The molecule has 3 amide bonds. The molecule has 0 fully saturated rings. The fourth-order valence-corrected chi connectivity index (χ4v) is 4.42. The van der Waals surface area contributed by atoms with Gasteiger partial charge in [0.25, 0.3) is 0 Å². The molecule has 4 atom stereocenters. The smallest absolute Gasteiger partial charge is 0.327 e. The summed E-state index contributed by atoms with van der Waals surface area (Å²) in [5.41, 5.74) is 24.3. The Morgan fingerprint density at radius 3 is 2.15 bits per heavy atom. The SMILES string of the molecule is NCCCCC(NC(=O)C(N)Cc1c[nH]c2ccccc12)C(=O)NC(CCCN=C(N)N)C(=O)NC(CS)C(=O)O. The molecule has 0 aliphatic carbocycles. The maximum absolute atomic E-state index is 13.4. The van der Waals surface area contributed by atoms with Crippen molar-refractivity contribution in [3.05, 3.63) is 36.0 Å². The van der Waals surface area contributed by atoms with E-state index in [0.717, 1.165) is 16.5 Å². The van der Waals surface area contributed by atoms with Crippen LogP contribution in [0.25, 0.3) is 10.9 Å². The number of rotatable bonds is 18. The first-order valence-electron chi connectivity index (χ1n) is 13.4. The molecule has 13 N–H and O–H groups in total. The van der Waals surface area contributed by atoms with Crippen molar-refractivity contribution >= 4 is 53.2 Å². The van der Waals surface area contributed by atoms with E-state index in [1.807, 2.05) is 24.3 Å². The number of carboxylic acids is 1. The molecule has 1 aromatic heterocycles. The summed E-state index contributed by atoms with van der Waals surface area (Å²) >= 11 is 3.96. The molecule has 41 heavy (non-hydrogen) atoms. The van der Waals surface area contributed by atoms with E-state index in [4.69, 9.17) is 22.9 Å². The van der Waals surface area contributed by atoms with Gasteiger partial charge in [-0.1, -0.05) is 18.2 Å². The van der Waals surface area contributed by atoms with Crippen molar-refractivity contribution < 1.29 is 24.3 Å². The lowest BCUT2D eigenvalue weighted by Gasteiger charge is -2.25. The lowest BCUT2D eigenvalue weighted by molar-refractivity contribution is -0.141. The van der Waals surface area contributed by atoms with Crippen LogP contribution in [0.5, 0.6) is 0 Å². The Morgan fingerprint density at radius 2 is 1.54 bits per heavy atom. The van der Waals surface area contributed by atoms with Gasteiger partial charge in [0, 0.05) is 29.4 Å². The Hall–Kier alpha value is -3.82. The van der Waals surface area contributed by atoms with Crippen LogP contribution in [0.2, 0.25) is 0 Å². The van der Waals surface area contributed by atoms with Crippen LogP contribution in [0.4, 0.5) is 0 Å². The number of thiol groups is 1. The third-order valence-corrected chi connectivity index (χ3v) is 6.77. The normalized spacial score (nSPS) is 13.9. The summed E-state index contributed by atoms with van der Waals surface area (Å²) in [6.07, 6.45) is 3.87. The first kappa shape index (κ1) is 33.4. The number of nitrogens with two attached hydrogens (primary N) is 4. The molecule has 1 aromatic carbocycles. The number of aliphatic carboxylic acids is 1. The fourth-order valence-electron chi connectivity index (χ4n) is 4.17. The van der Waals surface area contributed by atoms with Crippen LogP contribution in [0.1, 0.15) is 37.7 Å². The quantitative estimate of drug-likeness (QED) is 0.0426. The number of nitrogens with zero attached hydrogens (tertiary/aromatic N) is 1. The summed E-state index contributed by atoms with van der Waals surface area (Å²) in [6.45, 7) is 0.592. The molecule has 14 nitrogen and oxygen atoms in total. The van der Waals surface area contributed by atoms with E-state index in [1.54, 1.807) is 6.20 Å². The van der Waals surface area contributed by atoms with Crippen molar-refractivity contribution in [1.29, 1.82) is 0 Å². The molecule has 226 valence electrons. The van der Waals surface area contributed by atoms with Crippen molar-refractivity contribution in [3.63, 3.8) is 0 Å². The van der Waals surface area contributed by atoms with Crippen molar-refractivity contribution in [1.82, 2.24) is 20.9 Å². The number of hydrogen-bond acceptors (Lipinski definition) is 8. The first-order valence-corrected chi connectivity index (χ1v) is 14.0. The van der Waals surface area contributed by atoms with Crippen LogP contribution >= 0.6 is 12.6 Å². The molecule has 15 heteroatoms. The summed E-state index contributed by atoms with van der Waals surface area (Å²) in [4.78, 5) is 57.8. The van der Waals surface area contributed by atoms with Gasteiger partial charge in [-0.3, -0.25) is 19.4 Å². The number of benzene rings is 1. The molecule has 0 spiro atoms. The Balaban J connectivity index is 2.14. The minimum Gasteiger partial charge on any atom is -0.480 e. The number of guanidine groups is 1. The number of carbonyl (C=O) groups is 4. The van der Waals surface area contributed by atoms with Gasteiger partial charge in [-0.2, -0.15) is 12.6 Å². The highest BCUT2D eigenvalue weighted by Crippen LogP contribution is 2.19. The second kappa shape index (κ2) is 17.1. The number of aliphatic imine (C=N–C) groups is 1. The van der Waals surface area contributed by atoms with E-state index in [9.17, 15) is 24.3 Å². The molecule has 2 rings (SSSR count). The van der Waals surface area contributed by atoms with Gasteiger partial charge < -0.3 is 49.0 Å². The van der Waals surface area contributed by atoms with Gasteiger partial charge in [0.05, 0.1) is 6.04 Å². The van der Waals surface area contributed by atoms with Crippen LogP contribution in [0.3, 0.4) is 0 Å². The highest BCUT2D eigenvalue weighted by molar-refractivity contribution is 7.80. The molecular weight excluding hydrogens is 550 g/mol. The highest BCUT2D eigenvalue weighted by atomic mass is 32.1. The third-order valence-electron chi connectivity index (χ3n) is 6.41. The van der Waals surface area contributed by atoms with Crippen molar-refractivity contribution in [2.45, 2.75) is 62.7 Å². The number of aromatic amines is 1. The third kappa shape index (κ3) is 10.9. The summed E-state index contributed by atoms with van der Waals surface area (Å²) in [5.74, 6) is -3.40. The maximum Gasteiger partial charge on any atom is 0.327 e. The average Bonchev–Trinajstić information content (AvgIpc) is 3.34. The van der Waals surface area contributed by atoms with Gasteiger partial charge in [0.1, 0.15) is 18.1 Å². The number of para-hydroxylation sites is 1. The van der Waals surface area contributed by atoms with Crippen molar-refractivity contribution in [2.75, 3.05) is 18.8 Å². The van der Waals surface area contributed by atoms with Crippen molar-refractivity contribution in [2.24, 2.45) is 27.9 Å². The summed E-state index contributed by atoms with van der Waals surface area (Å²) in [6, 6.07) is 3.31. The van der Waals surface area contributed by atoms with E-state index >= 15 is 0 Å². The number of carboxylic acid groups (broad SMARTS) is 1. The predicted octanol–water partition coefficient (Wildman–Crippen LogP) is -1.31. The number of H-pyrrole nitrogens is 1. The van der Waals surface area contributed by atoms with Crippen molar-refractivity contribution in [3.8, 4) is 0 Å². The molecule has 0 radical (unpaired) electrons. The Morgan fingerprint density at radius 1 is 0.927 bits per heavy atom. The molecule has 0 saturated heterocycles. The van der Waals surface area contributed by atoms with E-state index in [1.165, 1.54) is 0 Å². The molecule has 0 saturated carbocycles. The Labute approximate surface area is 243 Å². The highest BCUT2D eigenvalue weighted by Gasteiger charge is 2.30. The minimum absolute atomic E-state index is 0.108. The second-order valence-corrected chi connectivity index (χ2v) is 9.97. The number of carbonyl (C=O) groups excluding carboxylic acids is 3. The molecule has 4 unspecified atom stereocenters. The number of amides is 3. The van der Waals surface area contributed by atoms with E-state index in [-0.39, 0.29) is 37.5 Å². The zero-order valence-electron chi connectivity index (χ0n) is 22.8. The molecule has 0 bridgehead atoms. The molecule has 0 aliphatic heterocycles. The van der Waals surface area contributed by atoms with Gasteiger partial charge in [0.15, 0.2) is 5.96 Å². The lowest BCUT2D eigenvalue weighted by atomic mass is 10.0. The number of hydrogen-bond donors (Lipinski definition) is 10. The van der Waals surface area contributed by atoms with E-state index in [0.29, 0.717) is 25.8 Å². The van der Waals surface area contributed by atoms with Gasteiger partial charge in [0.2, 0.25) is 17.7 Å². The van der Waals surface area contributed by atoms with Gasteiger partial charge in [-0.25, -0.2) is 4.79 Å². The van der Waals surface area contributed by atoms with Gasteiger partial charge in [-0.15, -0.1) is 0 Å². The average molecular weight is 592 g/mol. The van der Waals surface area contributed by atoms with Crippen LogP contribution in [-0.4, -0.2) is 82.8 Å². The fraction of sp³-hybridized carbons (Fsp3) is 0.500. The van der Waals surface area contributed by atoms with Crippen LogP contribution < -0.4 is 38.9 Å². The number of fused-ring (bicyclic) bond motifs is 1. The second-order valence-electron chi connectivity index (χ2n) is 9.61. The first-order chi connectivity index (χ1) is 19.6. The number of aromatic nitrogens is 1. The number of nitrogens with one attached hydrogen (secondary N) is 4. The van der Waals surface area contributed by atoms with Crippen LogP contribution in [0, 0.1) is 0 Å². The predicted molar refractivity (Wildman–Crippen MR) is 160 cm³/mol. The van der Waals surface area contributed by atoms with E-state index in [2.05, 4.69) is 38.6 Å². The monoisotopic (exact) mass is 591 g/mol. The summed E-state index contributed by atoms with van der Waals surface area (Å²) in [5, 5.41) is 18.0. The number of unbranched alkanes of at least 4 members (excludes halogenated alkanes) is 1. The molecule has 1 heterocycles. The van der Waals surface area contributed by atoms with Gasteiger partial charge in [-0.05, 0) is 56.7 Å². The van der Waals surface area contributed by atoms with Crippen LogP contribution in [0.15, 0.2) is 35.5 Å². The molecule has 0 aliphatic rings. The largest absolute Gasteiger partial charge is 0.480 e. The zero-order valence-corrected chi connectivity index (χ0v) is 23.7. The van der Waals surface area contributed by atoms with Crippen LogP contribution in [-0.2, 0) is 25.6 Å². The lowest BCUT2D eigenvalue weighted by Crippen LogP contribution is -2.57. The molecule has 2 aromatic rings. The molecular formula is C26H41N9O5S. The zero-order chi connectivity index (χ0) is 30.4. The van der Waals surface area contributed by atoms with E-state index < -0.39 is 47.9 Å². The standard InChI is InChI=1S/C26H41N9O5S/c27-10-4-3-8-19(33-22(36)17(28)12-15-13-32-18-7-2-1-6-16(15)18)23(37)34-20(9-5-11-31-26(29)30)24(38)35-21(14-41)25(39)40/h1-2,6-7,13,17,19-21,32,41H,3-5,8-12,14,27-28H2,(H,33,36)(H,34,37)(H,35,38)(H,39,40)(H4,29,30,31).